The van der Waals surface area contributed by atoms with E-state index in [9.17, 15) is 13.2 Å². The van der Waals surface area contributed by atoms with Crippen molar-refractivity contribution < 1.29 is 13.2 Å². The summed E-state index contributed by atoms with van der Waals surface area (Å²) in [4.78, 5) is 1.66. The van der Waals surface area contributed by atoms with E-state index in [0.29, 0.717) is 6.54 Å². The second-order valence-electron chi connectivity index (χ2n) is 5.66. The molecule has 1 aliphatic carbocycles. The Hall–Kier alpha value is -1.03. The summed E-state index contributed by atoms with van der Waals surface area (Å²) in [5.41, 5.74) is 0.733. The van der Waals surface area contributed by atoms with Gasteiger partial charge in [-0.2, -0.15) is 13.2 Å². The van der Waals surface area contributed by atoms with Crippen molar-refractivity contribution in [1.29, 1.82) is 0 Å². The fourth-order valence-corrected chi connectivity index (χ4v) is 3.26. The largest absolute Gasteiger partial charge is 0.404 e. The summed E-state index contributed by atoms with van der Waals surface area (Å²) < 4.78 is 39.1. The average molecular weight is 255 g/mol. The molecule has 0 unspecified atom stereocenters. The van der Waals surface area contributed by atoms with E-state index < -0.39 is 12.2 Å². The molecule has 1 heterocycles. The van der Waals surface area contributed by atoms with E-state index in [1.165, 1.54) is 0 Å². The van der Waals surface area contributed by atoms with Crippen LogP contribution in [-0.2, 0) is 6.54 Å². The molecule has 0 N–H and O–H groups in total. The predicted molar refractivity (Wildman–Crippen MR) is 63.0 cm³/mol. The summed E-state index contributed by atoms with van der Waals surface area (Å²) in [6.07, 6.45) is -2.93. The van der Waals surface area contributed by atoms with Crippen LogP contribution < -0.4 is 0 Å². The smallest absolute Gasteiger partial charge is 0.282 e. The van der Waals surface area contributed by atoms with Gasteiger partial charge in [0.05, 0.1) is 0 Å². The van der Waals surface area contributed by atoms with Crippen molar-refractivity contribution in [1.82, 2.24) is 4.90 Å². The van der Waals surface area contributed by atoms with Gasteiger partial charge in [0.1, 0.15) is 6.04 Å². The van der Waals surface area contributed by atoms with Gasteiger partial charge in [-0.05, 0) is 31.2 Å². The lowest BCUT2D eigenvalue weighted by Gasteiger charge is -2.33. The van der Waals surface area contributed by atoms with Crippen LogP contribution >= 0.6 is 0 Å². The Morgan fingerprint density at radius 2 is 1.94 bits per heavy atom. The average Bonchev–Trinajstić information content (AvgIpc) is 2.88. The predicted octanol–water partition coefficient (Wildman–Crippen LogP) is 3.60. The molecule has 2 fully saturated rings. The number of rotatable bonds is 2. The third-order valence-electron chi connectivity index (χ3n) is 4.49. The summed E-state index contributed by atoms with van der Waals surface area (Å²) in [6, 6.07) is 8.16. The van der Waals surface area contributed by atoms with Gasteiger partial charge in [-0.3, -0.25) is 4.90 Å². The molecule has 1 aromatic carbocycles. The molecular weight excluding hydrogens is 239 g/mol. The van der Waals surface area contributed by atoms with Crippen LogP contribution in [0.4, 0.5) is 13.2 Å². The van der Waals surface area contributed by atoms with Crippen molar-refractivity contribution in [3.8, 4) is 0 Å². The topological polar surface area (TPSA) is 3.24 Å². The monoisotopic (exact) mass is 255 g/mol. The van der Waals surface area contributed by atoms with Crippen molar-refractivity contribution >= 4 is 0 Å². The third kappa shape index (κ3) is 1.83. The molecule has 1 saturated heterocycles. The van der Waals surface area contributed by atoms with E-state index in [-0.39, 0.29) is 17.9 Å². The van der Waals surface area contributed by atoms with Crippen LogP contribution in [0.3, 0.4) is 0 Å². The number of fused-ring (bicyclic) bond motifs is 1. The number of nitrogens with zero attached hydrogens (tertiary/aromatic N) is 1. The standard InChI is InChI=1S/C14H16F3N/c1-13-8-11(13)7-12(14(15,16)17)18(13)9-10-5-3-2-4-6-10/h2-6,11-12H,7-9H2,1H3/t11-,12-,13+/m0/s1. The maximum Gasteiger partial charge on any atom is 0.404 e. The first kappa shape index (κ1) is 12.0. The van der Waals surface area contributed by atoms with Crippen molar-refractivity contribution in [3.63, 3.8) is 0 Å². The SMILES string of the molecule is C[C@@]12C[C@@H]1C[C@@H](C(F)(F)F)N2Cc1ccccc1. The molecule has 1 aromatic rings. The molecule has 4 heteroatoms. The zero-order chi connectivity index (χ0) is 13.0. The van der Waals surface area contributed by atoms with Crippen LogP contribution in [0.15, 0.2) is 30.3 Å². The van der Waals surface area contributed by atoms with Gasteiger partial charge >= 0.3 is 6.18 Å². The third-order valence-corrected chi connectivity index (χ3v) is 4.49. The quantitative estimate of drug-likeness (QED) is 0.780. The molecule has 18 heavy (non-hydrogen) atoms. The number of hydrogen-bond donors (Lipinski definition) is 0. The highest BCUT2D eigenvalue weighted by atomic mass is 19.4. The van der Waals surface area contributed by atoms with Crippen molar-refractivity contribution in [3.05, 3.63) is 35.9 Å². The van der Waals surface area contributed by atoms with Crippen LogP contribution in [0.2, 0.25) is 0 Å². The summed E-state index contributed by atoms with van der Waals surface area (Å²) in [7, 11) is 0. The minimum Gasteiger partial charge on any atom is -0.282 e. The molecule has 0 bridgehead atoms. The van der Waals surface area contributed by atoms with Gasteiger partial charge in [0.25, 0.3) is 0 Å². The Morgan fingerprint density at radius 1 is 1.28 bits per heavy atom. The molecule has 3 atom stereocenters. The molecule has 98 valence electrons. The molecule has 1 saturated carbocycles. The number of benzene rings is 1. The van der Waals surface area contributed by atoms with E-state index in [4.69, 9.17) is 0 Å². The Balaban J connectivity index is 1.83. The van der Waals surface area contributed by atoms with Crippen molar-refractivity contribution in [2.45, 2.75) is 44.1 Å². The molecule has 2 aliphatic rings. The van der Waals surface area contributed by atoms with Gasteiger partial charge in [-0.1, -0.05) is 30.3 Å². The first-order valence-electron chi connectivity index (χ1n) is 6.28. The second kappa shape index (κ2) is 3.73. The lowest BCUT2D eigenvalue weighted by Crippen LogP contribution is -2.46. The Labute approximate surface area is 105 Å². The van der Waals surface area contributed by atoms with Crippen molar-refractivity contribution in [2.75, 3.05) is 0 Å². The lowest BCUT2D eigenvalue weighted by molar-refractivity contribution is -0.185. The normalized spacial score (nSPS) is 35.6. The van der Waals surface area contributed by atoms with Gasteiger partial charge in [-0.25, -0.2) is 0 Å². The maximum atomic E-state index is 13.0. The highest BCUT2D eigenvalue weighted by Crippen LogP contribution is 2.60. The molecular formula is C14H16F3N. The van der Waals surface area contributed by atoms with Crippen LogP contribution in [0, 0.1) is 5.92 Å². The van der Waals surface area contributed by atoms with E-state index in [0.717, 1.165) is 12.0 Å². The Kier molecular flexibility index (Phi) is 2.49. The zero-order valence-corrected chi connectivity index (χ0v) is 10.2. The van der Waals surface area contributed by atoms with E-state index in [1.54, 1.807) is 4.90 Å². The number of halogens is 3. The van der Waals surface area contributed by atoms with Crippen LogP contribution in [-0.4, -0.2) is 22.7 Å². The molecule has 1 aliphatic heterocycles. The molecule has 0 amide bonds. The van der Waals surface area contributed by atoms with E-state index in [2.05, 4.69) is 0 Å². The minimum absolute atomic E-state index is 0.226. The highest BCUT2D eigenvalue weighted by molar-refractivity contribution is 5.21. The van der Waals surface area contributed by atoms with Gasteiger partial charge in [0.2, 0.25) is 0 Å². The Morgan fingerprint density at radius 3 is 2.56 bits per heavy atom. The second-order valence-corrected chi connectivity index (χ2v) is 5.66. The maximum absolute atomic E-state index is 13.0. The zero-order valence-electron chi connectivity index (χ0n) is 10.2. The highest BCUT2D eigenvalue weighted by Gasteiger charge is 2.67. The van der Waals surface area contributed by atoms with Crippen molar-refractivity contribution in [2.24, 2.45) is 5.92 Å². The minimum atomic E-state index is -4.11. The summed E-state index contributed by atoms with van der Waals surface area (Å²) in [6.45, 7) is 2.37. The first-order valence-corrected chi connectivity index (χ1v) is 6.28. The first-order chi connectivity index (χ1) is 8.41. The fraction of sp³-hybridized carbons (Fsp3) is 0.571. The van der Waals surface area contributed by atoms with Gasteiger partial charge in [0.15, 0.2) is 0 Å². The van der Waals surface area contributed by atoms with Crippen LogP contribution in [0.25, 0.3) is 0 Å². The molecule has 3 rings (SSSR count). The van der Waals surface area contributed by atoms with Gasteiger partial charge < -0.3 is 0 Å². The molecule has 1 nitrogen and oxygen atoms in total. The van der Waals surface area contributed by atoms with Gasteiger partial charge in [-0.15, -0.1) is 0 Å². The van der Waals surface area contributed by atoms with E-state index >= 15 is 0 Å². The lowest BCUT2D eigenvalue weighted by atomic mass is 10.1. The van der Waals surface area contributed by atoms with E-state index in [1.807, 2.05) is 37.3 Å². The number of piperidine rings is 1. The molecule has 0 spiro atoms. The van der Waals surface area contributed by atoms with Gasteiger partial charge in [0, 0.05) is 12.1 Å². The van der Waals surface area contributed by atoms with Crippen LogP contribution in [0.1, 0.15) is 25.3 Å². The number of alkyl halides is 3. The summed E-state index contributed by atoms with van der Waals surface area (Å²) in [5.74, 6) is 0.229. The molecule has 0 radical (unpaired) electrons. The Bertz CT molecular complexity index is 442. The van der Waals surface area contributed by atoms with Crippen LogP contribution in [0.5, 0.6) is 0 Å². The number of hydrogen-bond acceptors (Lipinski definition) is 1. The summed E-state index contributed by atoms with van der Waals surface area (Å²) >= 11 is 0. The summed E-state index contributed by atoms with van der Waals surface area (Å²) in [5, 5.41) is 0. The molecule has 0 aromatic heterocycles. The number of likely N-dealkylation sites (tertiary alicyclic amines) is 1. The fourth-order valence-electron chi connectivity index (χ4n) is 3.26.